The Balaban J connectivity index is 1.39. The van der Waals surface area contributed by atoms with Crippen LogP contribution in [0.1, 0.15) is 21.8 Å². The van der Waals surface area contributed by atoms with E-state index in [0.717, 1.165) is 26.6 Å². The third kappa shape index (κ3) is 2.99. The third-order valence-corrected chi connectivity index (χ3v) is 5.79. The summed E-state index contributed by atoms with van der Waals surface area (Å²) in [6, 6.07) is 7.68. The van der Waals surface area contributed by atoms with Crippen molar-refractivity contribution in [2.24, 2.45) is 0 Å². The Kier molecular flexibility index (Phi) is 4.24. The number of thiophene rings is 1. The summed E-state index contributed by atoms with van der Waals surface area (Å²) in [5.41, 5.74) is 1.91. The fourth-order valence-corrected chi connectivity index (χ4v) is 4.21. The number of nitrogens with zero attached hydrogens (tertiary/aromatic N) is 1. The lowest BCUT2D eigenvalue weighted by Gasteiger charge is -2.11. The van der Waals surface area contributed by atoms with Crippen molar-refractivity contribution >= 4 is 27.5 Å². The molecular formula is C19H19N3O3S. The van der Waals surface area contributed by atoms with Gasteiger partial charge in [0.2, 0.25) is 0 Å². The van der Waals surface area contributed by atoms with E-state index in [2.05, 4.69) is 15.3 Å². The summed E-state index contributed by atoms with van der Waals surface area (Å²) in [4.78, 5) is 33.8. The molecule has 0 saturated carbocycles. The lowest BCUT2D eigenvalue weighted by atomic mass is 10.1. The molecule has 1 atom stereocenters. The van der Waals surface area contributed by atoms with Crippen LogP contribution in [0.25, 0.3) is 10.2 Å². The van der Waals surface area contributed by atoms with Crippen LogP contribution in [0, 0.1) is 13.8 Å². The Labute approximate surface area is 154 Å². The molecule has 0 unspecified atom stereocenters. The van der Waals surface area contributed by atoms with Crippen molar-refractivity contribution in [3.8, 4) is 5.75 Å². The summed E-state index contributed by atoms with van der Waals surface area (Å²) in [5, 5.41) is 3.53. The molecule has 6 nitrogen and oxygen atoms in total. The van der Waals surface area contributed by atoms with Gasteiger partial charge in [0.25, 0.3) is 11.5 Å². The molecular weight excluding hydrogens is 350 g/mol. The van der Waals surface area contributed by atoms with Gasteiger partial charge >= 0.3 is 0 Å². The number of aromatic amines is 1. The lowest BCUT2D eigenvalue weighted by Crippen LogP contribution is -2.38. The molecule has 1 aromatic carbocycles. The summed E-state index contributed by atoms with van der Waals surface area (Å²) < 4.78 is 5.68. The van der Waals surface area contributed by atoms with Crippen LogP contribution in [0.4, 0.5) is 0 Å². The van der Waals surface area contributed by atoms with Crippen molar-refractivity contribution in [1.29, 1.82) is 0 Å². The highest BCUT2D eigenvalue weighted by atomic mass is 32.1. The van der Waals surface area contributed by atoms with Gasteiger partial charge in [0.05, 0.1) is 5.39 Å². The van der Waals surface area contributed by atoms with E-state index in [4.69, 9.17) is 4.74 Å². The van der Waals surface area contributed by atoms with Crippen LogP contribution in [0.3, 0.4) is 0 Å². The van der Waals surface area contributed by atoms with Gasteiger partial charge in [0, 0.05) is 24.3 Å². The normalized spacial score (nSPS) is 15.7. The Morgan fingerprint density at radius 1 is 1.38 bits per heavy atom. The molecule has 2 N–H and O–H groups in total. The molecule has 26 heavy (non-hydrogen) atoms. The lowest BCUT2D eigenvalue weighted by molar-refractivity contribution is -0.127. The number of aryl methyl sites for hydroxylation is 2. The second-order valence-electron chi connectivity index (χ2n) is 6.44. The Bertz CT molecular complexity index is 1030. The standard InChI is InChI=1S/C19H19N3O3S/c1-10-11(2)26-19-16(10)18(24)21-15(22-19)7-8-20-17(23)14-9-12-5-3-4-6-13(12)25-14/h3-6,14H,7-9H2,1-2H3,(H,20,23)(H,21,22,24)/t14-/m0/s1. The molecule has 0 saturated heterocycles. The molecule has 1 aliphatic heterocycles. The van der Waals surface area contributed by atoms with Gasteiger partial charge in [-0.3, -0.25) is 9.59 Å². The van der Waals surface area contributed by atoms with Gasteiger partial charge in [-0.25, -0.2) is 4.98 Å². The molecule has 0 spiro atoms. The van der Waals surface area contributed by atoms with Gasteiger partial charge in [-0.05, 0) is 31.0 Å². The summed E-state index contributed by atoms with van der Waals surface area (Å²) >= 11 is 1.52. The van der Waals surface area contributed by atoms with E-state index in [1.54, 1.807) is 0 Å². The average molecular weight is 369 g/mol. The van der Waals surface area contributed by atoms with Crippen molar-refractivity contribution in [3.63, 3.8) is 0 Å². The van der Waals surface area contributed by atoms with E-state index in [9.17, 15) is 9.59 Å². The van der Waals surface area contributed by atoms with E-state index < -0.39 is 6.10 Å². The summed E-state index contributed by atoms with van der Waals surface area (Å²) in [5.74, 6) is 1.21. The van der Waals surface area contributed by atoms with Crippen LogP contribution in [0.5, 0.6) is 5.75 Å². The van der Waals surface area contributed by atoms with Crippen LogP contribution >= 0.6 is 11.3 Å². The maximum absolute atomic E-state index is 12.3. The number of hydrogen-bond donors (Lipinski definition) is 2. The number of amides is 1. The molecule has 4 rings (SSSR count). The maximum Gasteiger partial charge on any atom is 0.261 e. The highest BCUT2D eigenvalue weighted by molar-refractivity contribution is 7.18. The fraction of sp³-hybridized carbons (Fsp3) is 0.316. The first-order valence-electron chi connectivity index (χ1n) is 8.54. The predicted molar refractivity (Wildman–Crippen MR) is 101 cm³/mol. The third-order valence-electron chi connectivity index (χ3n) is 4.69. The van der Waals surface area contributed by atoms with Crippen LogP contribution in [0.2, 0.25) is 0 Å². The molecule has 1 aliphatic rings. The van der Waals surface area contributed by atoms with Gasteiger partial charge in [0.1, 0.15) is 16.4 Å². The minimum atomic E-state index is -0.496. The molecule has 2 aromatic heterocycles. The zero-order valence-corrected chi connectivity index (χ0v) is 15.4. The highest BCUT2D eigenvalue weighted by Gasteiger charge is 2.28. The second kappa shape index (κ2) is 6.57. The zero-order chi connectivity index (χ0) is 18.3. The molecule has 134 valence electrons. The Hall–Kier alpha value is -2.67. The number of rotatable bonds is 4. The van der Waals surface area contributed by atoms with Crippen LogP contribution < -0.4 is 15.6 Å². The number of nitrogens with one attached hydrogen (secondary N) is 2. The molecule has 0 aliphatic carbocycles. The van der Waals surface area contributed by atoms with E-state index in [1.165, 1.54) is 11.3 Å². The topological polar surface area (TPSA) is 84.1 Å². The van der Waals surface area contributed by atoms with Gasteiger partial charge in [-0.2, -0.15) is 0 Å². The van der Waals surface area contributed by atoms with Crippen molar-refractivity contribution in [2.45, 2.75) is 32.8 Å². The van der Waals surface area contributed by atoms with E-state index in [0.29, 0.717) is 30.6 Å². The van der Waals surface area contributed by atoms with Crippen molar-refractivity contribution in [3.05, 3.63) is 56.4 Å². The van der Waals surface area contributed by atoms with E-state index in [1.807, 2.05) is 38.1 Å². The average Bonchev–Trinajstić information content (AvgIpc) is 3.16. The summed E-state index contributed by atoms with van der Waals surface area (Å²) in [6.07, 6.45) is 0.549. The number of para-hydroxylation sites is 1. The number of carbonyl (C=O) groups excluding carboxylic acids is 1. The SMILES string of the molecule is Cc1sc2nc(CCNC(=O)[C@@H]3Cc4ccccc4O3)[nH]c(=O)c2c1C. The van der Waals surface area contributed by atoms with Gasteiger partial charge in [-0.15, -0.1) is 11.3 Å². The quantitative estimate of drug-likeness (QED) is 0.739. The monoisotopic (exact) mass is 369 g/mol. The molecule has 0 fully saturated rings. The summed E-state index contributed by atoms with van der Waals surface area (Å²) in [7, 11) is 0. The molecule has 1 amide bonds. The van der Waals surface area contributed by atoms with E-state index >= 15 is 0 Å². The van der Waals surface area contributed by atoms with Crippen molar-refractivity contribution in [1.82, 2.24) is 15.3 Å². The highest BCUT2D eigenvalue weighted by Crippen LogP contribution is 2.28. The zero-order valence-electron chi connectivity index (χ0n) is 14.6. The van der Waals surface area contributed by atoms with Crippen molar-refractivity contribution in [2.75, 3.05) is 6.54 Å². The van der Waals surface area contributed by atoms with Gasteiger partial charge in [0.15, 0.2) is 6.10 Å². The molecule has 3 heterocycles. The summed E-state index contributed by atoms with van der Waals surface area (Å²) in [6.45, 7) is 4.32. The number of hydrogen-bond acceptors (Lipinski definition) is 5. The largest absolute Gasteiger partial charge is 0.480 e. The Morgan fingerprint density at radius 3 is 3.00 bits per heavy atom. The van der Waals surface area contributed by atoms with Crippen LogP contribution in [-0.2, 0) is 17.6 Å². The minimum absolute atomic E-state index is 0.118. The first-order valence-corrected chi connectivity index (χ1v) is 9.35. The number of benzene rings is 1. The minimum Gasteiger partial charge on any atom is -0.480 e. The first kappa shape index (κ1) is 16.8. The van der Waals surface area contributed by atoms with Gasteiger partial charge < -0.3 is 15.0 Å². The van der Waals surface area contributed by atoms with Crippen molar-refractivity contribution < 1.29 is 9.53 Å². The smallest absolute Gasteiger partial charge is 0.261 e. The number of ether oxygens (including phenoxy) is 1. The predicted octanol–water partition coefficient (Wildman–Crippen LogP) is 2.26. The Morgan fingerprint density at radius 2 is 2.19 bits per heavy atom. The molecule has 0 bridgehead atoms. The fourth-order valence-electron chi connectivity index (χ4n) is 3.16. The van der Waals surface area contributed by atoms with Crippen LogP contribution in [0.15, 0.2) is 29.1 Å². The maximum atomic E-state index is 12.3. The first-order chi connectivity index (χ1) is 12.5. The molecule has 0 radical (unpaired) electrons. The van der Waals surface area contributed by atoms with Crippen LogP contribution in [-0.4, -0.2) is 28.5 Å². The number of H-pyrrole nitrogens is 1. The molecule has 7 heteroatoms. The number of carbonyl (C=O) groups is 1. The number of aromatic nitrogens is 2. The van der Waals surface area contributed by atoms with Gasteiger partial charge in [-0.1, -0.05) is 18.2 Å². The molecule has 3 aromatic rings. The second-order valence-corrected chi connectivity index (χ2v) is 7.64. The number of fused-ring (bicyclic) bond motifs is 2. The van der Waals surface area contributed by atoms with E-state index in [-0.39, 0.29) is 11.5 Å².